The summed E-state index contributed by atoms with van der Waals surface area (Å²) in [5.41, 5.74) is 1.31. The Labute approximate surface area is 94.8 Å². The number of rotatable bonds is 1. The van der Waals surface area contributed by atoms with Gasteiger partial charge in [-0.05, 0) is 12.5 Å². The van der Waals surface area contributed by atoms with Crippen molar-refractivity contribution in [3.05, 3.63) is 35.9 Å². The average molecular weight is 214 g/mol. The predicted molar refractivity (Wildman–Crippen MR) is 62.4 cm³/mol. The molecule has 2 aliphatic heterocycles. The van der Waals surface area contributed by atoms with Crippen molar-refractivity contribution in [2.24, 2.45) is 4.99 Å². The van der Waals surface area contributed by atoms with Crippen molar-refractivity contribution in [1.29, 1.82) is 0 Å². The third-order valence-corrected chi connectivity index (χ3v) is 3.38. The van der Waals surface area contributed by atoms with E-state index in [1.165, 1.54) is 5.56 Å². The van der Waals surface area contributed by atoms with Crippen molar-refractivity contribution < 1.29 is 4.79 Å². The first-order valence-electron chi connectivity index (χ1n) is 5.68. The van der Waals surface area contributed by atoms with Gasteiger partial charge in [0.1, 0.15) is 11.9 Å². The number of carbonyl (C=O) groups is 1. The minimum Gasteiger partial charge on any atom is -0.298 e. The van der Waals surface area contributed by atoms with E-state index in [1.54, 1.807) is 0 Å². The van der Waals surface area contributed by atoms with Crippen LogP contribution in [0.5, 0.6) is 0 Å². The molecule has 82 valence electrons. The zero-order valence-electron chi connectivity index (χ0n) is 9.26. The lowest BCUT2D eigenvalue weighted by Gasteiger charge is -2.13. The second-order valence-corrected chi connectivity index (χ2v) is 4.48. The average Bonchev–Trinajstić information content (AvgIpc) is 2.82. The summed E-state index contributed by atoms with van der Waals surface area (Å²) in [6.45, 7) is 2.66. The summed E-state index contributed by atoms with van der Waals surface area (Å²) < 4.78 is 0. The number of nitrogens with zero attached hydrogens (tertiary/aromatic N) is 2. The van der Waals surface area contributed by atoms with Crippen LogP contribution < -0.4 is 0 Å². The van der Waals surface area contributed by atoms with E-state index in [0.29, 0.717) is 5.92 Å². The summed E-state index contributed by atoms with van der Waals surface area (Å²) in [6.07, 6.45) is 0.903. The maximum atomic E-state index is 11.8. The van der Waals surface area contributed by atoms with Gasteiger partial charge in [-0.1, -0.05) is 30.3 Å². The van der Waals surface area contributed by atoms with Gasteiger partial charge < -0.3 is 0 Å². The molecule has 2 atom stereocenters. The Morgan fingerprint density at radius 3 is 2.75 bits per heavy atom. The minimum atomic E-state index is -0.160. The normalized spacial score (nSPS) is 28.2. The summed E-state index contributed by atoms with van der Waals surface area (Å²) in [7, 11) is 0. The maximum absolute atomic E-state index is 11.8. The van der Waals surface area contributed by atoms with Gasteiger partial charge in [-0.3, -0.25) is 14.7 Å². The quantitative estimate of drug-likeness (QED) is 0.701. The SMILES string of the molecule is C[C@H]1N=C2C[C@@H](c3ccccc3)CN2C1=O. The minimum absolute atomic E-state index is 0.160. The molecule has 2 aliphatic rings. The molecule has 1 amide bonds. The van der Waals surface area contributed by atoms with Crippen LogP contribution in [0.4, 0.5) is 0 Å². The van der Waals surface area contributed by atoms with E-state index in [1.807, 2.05) is 30.0 Å². The highest BCUT2D eigenvalue weighted by Gasteiger charge is 2.39. The first-order chi connectivity index (χ1) is 7.75. The summed E-state index contributed by atoms with van der Waals surface area (Å²) in [6, 6.07) is 10.2. The van der Waals surface area contributed by atoms with Gasteiger partial charge in [-0.25, -0.2) is 0 Å². The molecule has 0 aliphatic carbocycles. The molecule has 0 radical (unpaired) electrons. The van der Waals surface area contributed by atoms with Crippen LogP contribution in [0, 0.1) is 0 Å². The third-order valence-electron chi connectivity index (χ3n) is 3.38. The lowest BCUT2D eigenvalue weighted by Crippen LogP contribution is -2.30. The number of benzene rings is 1. The summed E-state index contributed by atoms with van der Waals surface area (Å²) >= 11 is 0. The number of hydrogen-bond donors (Lipinski definition) is 0. The van der Waals surface area contributed by atoms with Gasteiger partial charge in [0.15, 0.2) is 0 Å². The molecule has 1 aromatic rings. The van der Waals surface area contributed by atoms with Gasteiger partial charge in [0.2, 0.25) is 0 Å². The zero-order chi connectivity index (χ0) is 11.1. The molecule has 0 unspecified atom stereocenters. The second kappa shape index (κ2) is 3.44. The van der Waals surface area contributed by atoms with Crippen LogP contribution in [0.3, 0.4) is 0 Å². The van der Waals surface area contributed by atoms with E-state index in [0.717, 1.165) is 18.8 Å². The van der Waals surface area contributed by atoms with Crippen molar-refractivity contribution in [2.75, 3.05) is 6.54 Å². The van der Waals surface area contributed by atoms with Crippen LogP contribution in [0.2, 0.25) is 0 Å². The van der Waals surface area contributed by atoms with Gasteiger partial charge in [-0.15, -0.1) is 0 Å². The molecule has 1 aromatic carbocycles. The maximum Gasteiger partial charge on any atom is 0.252 e. The summed E-state index contributed by atoms with van der Waals surface area (Å²) in [4.78, 5) is 18.0. The van der Waals surface area contributed by atoms with Crippen LogP contribution in [0.25, 0.3) is 0 Å². The number of carbonyl (C=O) groups excluding carboxylic acids is 1. The Kier molecular flexibility index (Phi) is 2.06. The van der Waals surface area contributed by atoms with Gasteiger partial charge in [-0.2, -0.15) is 0 Å². The second-order valence-electron chi connectivity index (χ2n) is 4.48. The molecule has 3 heteroatoms. The molecule has 3 rings (SSSR count). The molecule has 16 heavy (non-hydrogen) atoms. The predicted octanol–water partition coefficient (Wildman–Crippen LogP) is 1.80. The fraction of sp³-hybridized carbons (Fsp3) is 0.385. The summed E-state index contributed by atoms with van der Waals surface area (Å²) in [5.74, 6) is 1.57. The standard InChI is InChI=1S/C13H14N2O/c1-9-13(16)15-8-11(7-12(15)14-9)10-5-3-2-4-6-10/h2-6,9,11H,7-8H2,1H3/t9-,11-/m1/s1. The van der Waals surface area contributed by atoms with Gasteiger partial charge in [0, 0.05) is 18.9 Å². The molecule has 0 saturated carbocycles. The fourth-order valence-electron chi connectivity index (χ4n) is 2.51. The monoisotopic (exact) mass is 214 g/mol. The first kappa shape index (κ1) is 9.58. The van der Waals surface area contributed by atoms with Crippen molar-refractivity contribution in [3.63, 3.8) is 0 Å². The number of fused-ring (bicyclic) bond motifs is 1. The summed E-state index contributed by atoms with van der Waals surface area (Å²) in [5, 5.41) is 0. The Morgan fingerprint density at radius 2 is 2.06 bits per heavy atom. The molecule has 3 nitrogen and oxygen atoms in total. The first-order valence-corrected chi connectivity index (χ1v) is 5.68. The van der Waals surface area contributed by atoms with Gasteiger partial charge >= 0.3 is 0 Å². The fourth-order valence-corrected chi connectivity index (χ4v) is 2.51. The molecule has 1 saturated heterocycles. The van der Waals surface area contributed by atoms with Gasteiger partial charge in [0.05, 0.1) is 0 Å². The molecular weight excluding hydrogens is 200 g/mol. The molecule has 2 heterocycles. The number of amides is 1. The van der Waals surface area contributed by atoms with E-state index in [-0.39, 0.29) is 11.9 Å². The van der Waals surface area contributed by atoms with Crippen molar-refractivity contribution >= 4 is 11.7 Å². The molecule has 0 spiro atoms. The molecule has 0 aromatic heterocycles. The smallest absolute Gasteiger partial charge is 0.252 e. The Bertz CT molecular complexity index is 452. The molecular formula is C13H14N2O. The van der Waals surface area contributed by atoms with E-state index in [9.17, 15) is 4.79 Å². The van der Waals surface area contributed by atoms with Crippen LogP contribution in [0.1, 0.15) is 24.8 Å². The lowest BCUT2D eigenvalue weighted by atomic mass is 9.98. The van der Waals surface area contributed by atoms with Crippen molar-refractivity contribution in [3.8, 4) is 0 Å². The zero-order valence-corrected chi connectivity index (χ0v) is 9.26. The van der Waals surface area contributed by atoms with E-state index in [4.69, 9.17) is 0 Å². The molecule has 1 fully saturated rings. The highest BCUT2D eigenvalue weighted by Crippen LogP contribution is 2.32. The highest BCUT2D eigenvalue weighted by atomic mass is 16.2. The number of hydrogen-bond acceptors (Lipinski definition) is 2. The molecule has 0 bridgehead atoms. The van der Waals surface area contributed by atoms with E-state index >= 15 is 0 Å². The molecule has 0 N–H and O–H groups in total. The van der Waals surface area contributed by atoms with Crippen LogP contribution in [-0.4, -0.2) is 29.2 Å². The Hall–Kier alpha value is -1.64. The van der Waals surface area contributed by atoms with Crippen LogP contribution in [-0.2, 0) is 4.79 Å². The van der Waals surface area contributed by atoms with Gasteiger partial charge in [0.25, 0.3) is 5.91 Å². The largest absolute Gasteiger partial charge is 0.298 e. The highest BCUT2D eigenvalue weighted by molar-refractivity contribution is 6.07. The number of amidine groups is 1. The van der Waals surface area contributed by atoms with Crippen molar-refractivity contribution in [2.45, 2.75) is 25.3 Å². The van der Waals surface area contributed by atoms with Crippen molar-refractivity contribution in [1.82, 2.24) is 4.90 Å². The topological polar surface area (TPSA) is 32.7 Å². The van der Waals surface area contributed by atoms with Crippen LogP contribution >= 0.6 is 0 Å². The van der Waals surface area contributed by atoms with E-state index < -0.39 is 0 Å². The Morgan fingerprint density at radius 1 is 1.31 bits per heavy atom. The number of aliphatic imine (C=N–C) groups is 1. The van der Waals surface area contributed by atoms with E-state index in [2.05, 4.69) is 17.1 Å². The lowest BCUT2D eigenvalue weighted by molar-refractivity contribution is -0.126. The van der Waals surface area contributed by atoms with Crippen LogP contribution in [0.15, 0.2) is 35.3 Å². The Balaban J connectivity index is 1.85. The third kappa shape index (κ3) is 1.35.